The maximum atomic E-state index is 5.79. The van der Waals surface area contributed by atoms with E-state index in [9.17, 15) is 0 Å². The van der Waals surface area contributed by atoms with Gasteiger partial charge in [-0.15, -0.1) is 0 Å². The second-order valence-corrected chi connectivity index (χ2v) is 10.5. The molecule has 2 fully saturated rings. The predicted octanol–water partition coefficient (Wildman–Crippen LogP) is 7.08. The number of hydrogen-bond acceptors (Lipinski definition) is 5. The molecule has 37 heavy (non-hydrogen) atoms. The van der Waals surface area contributed by atoms with E-state index in [-0.39, 0.29) is 0 Å². The summed E-state index contributed by atoms with van der Waals surface area (Å²) in [5, 5.41) is 4.39. The van der Waals surface area contributed by atoms with Crippen LogP contribution in [0.5, 0.6) is 0 Å². The molecule has 5 heteroatoms. The lowest BCUT2D eigenvalue weighted by Crippen LogP contribution is -2.31. The molecule has 1 saturated carbocycles. The molecule has 1 aliphatic carbocycles. The molecule has 0 spiro atoms. The molecule has 1 aromatic heterocycles. The van der Waals surface area contributed by atoms with Crippen molar-refractivity contribution in [3.8, 4) is 11.4 Å². The Morgan fingerprint density at radius 2 is 1.49 bits per heavy atom. The summed E-state index contributed by atoms with van der Waals surface area (Å²) < 4.78 is 5.79. The van der Waals surface area contributed by atoms with Crippen molar-refractivity contribution in [2.24, 2.45) is 5.92 Å². The van der Waals surface area contributed by atoms with E-state index < -0.39 is 0 Å². The highest BCUT2D eigenvalue weighted by Gasteiger charge is 2.27. The van der Waals surface area contributed by atoms with Crippen LogP contribution in [0.4, 0.5) is 5.69 Å². The molecule has 189 valence electrons. The van der Waals surface area contributed by atoms with Crippen LogP contribution in [-0.4, -0.2) is 28.1 Å². The highest BCUT2D eigenvalue weighted by Crippen LogP contribution is 2.35. The third-order valence-electron chi connectivity index (χ3n) is 7.62. The van der Waals surface area contributed by atoms with E-state index >= 15 is 0 Å². The Morgan fingerprint density at radius 3 is 2.14 bits per heavy atom. The normalized spacial score (nSPS) is 16.6. The van der Waals surface area contributed by atoms with Crippen molar-refractivity contribution < 1.29 is 4.52 Å². The minimum atomic E-state index is 0.350. The van der Waals surface area contributed by atoms with Crippen LogP contribution in [0.3, 0.4) is 0 Å². The van der Waals surface area contributed by atoms with Gasteiger partial charge in [-0.2, -0.15) is 4.98 Å². The van der Waals surface area contributed by atoms with Crippen molar-refractivity contribution in [2.45, 2.75) is 51.1 Å². The van der Waals surface area contributed by atoms with Gasteiger partial charge in [-0.05, 0) is 61.5 Å². The standard InChI is InChI=1S/C32H35N4O/c1-3-8-26(9-4-1)23-36(24-27-10-5-2-6-11-27)30-13-7-12-29(22-30)31-33-32(37-34-31)28-17-20-35(21-18-28)19-16-25-14-15-25/h1-13,19,22,25,28H,14-18,20-21,23-24H2. The van der Waals surface area contributed by atoms with E-state index in [0.29, 0.717) is 11.7 Å². The molecule has 1 saturated heterocycles. The van der Waals surface area contributed by atoms with E-state index in [0.717, 1.165) is 62.1 Å². The molecule has 2 heterocycles. The Hall–Kier alpha value is -3.44. The lowest BCUT2D eigenvalue weighted by Gasteiger charge is -2.29. The molecule has 4 aromatic rings. The molecule has 3 aromatic carbocycles. The highest BCUT2D eigenvalue weighted by atomic mass is 16.5. The highest BCUT2D eigenvalue weighted by molar-refractivity contribution is 5.63. The molecule has 0 N–H and O–H groups in total. The molecule has 5 nitrogen and oxygen atoms in total. The fourth-order valence-electron chi connectivity index (χ4n) is 5.19. The van der Waals surface area contributed by atoms with Crippen molar-refractivity contribution >= 4 is 5.69 Å². The molecular weight excluding hydrogens is 456 g/mol. The van der Waals surface area contributed by atoms with Crippen LogP contribution in [0.15, 0.2) is 89.5 Å². The van der Waals surface area contributed by atoms with Crippen molar-refractivity contribution in [2.75, 3.05) is 18.0 Å². The molecule has 0 unspecified atom stereocenters. The predicted molar refractivity (Wildman–Crippen MR) is 148 cm³/mol. The third-order valence-corrected chi connectivity index (χ3v) is 7.62. The molecule has 2 aliphatic rings. The number of benzene rings is 3. The third kappa shape index (κ3) is 6.28. The zero-order valence-corrected chi connectivity index (χ0v) is 21.4. The fraction of sp³-hybridized carbons (Fsp3) is 0.344. The summed E-state index contributed by atoms with van der Waals surface area (Å²) in [6.07, 6.45) is 6.22. The Balaban J connectivity index is 1.16. The number of nitrogens with zero attached hydrogens (tertiary/aromatic N) is 4. The summed E-state index contributed by atoms with van der Waals surface area (Å²) in [5.74, 6) is 2.76. The zero-order valence-electron chi connectivity index (χ0n) is 21.4. The van der Waals surface area contributed by atoms with Gasteiger partial charge in [0.2, 0.25) is 11.7 Å². The topological polar surface area (TPSA) is 45.4 Å². The molecular formula is C32H35N4O. The van der Waals surface area contributed by atoms with E-state index in [4.69, 9.17) is 9.51 Å². The summed E-state index contributed by atoms with van der Waals surface area (Å²) in [5.41, 5.74) is 4.71. The van der Waals surface area contributed by atoms with Crippen molar-refractivity contribution in [3.05, 3.63) is 108 Å². The lowest BCUT2D eigenvalue weighted by molar-refractivity contribution is 0.222. The summed E-state index contributed by atoms with van der Waals surface area (Å²) in [6.45, 7) is 6.24. The van der Waals surface area contributed by atoms with E-state index in [1.807, 2.05) is 0 Å². The number of rotatable bonds is 10. The molecule has 6 rings (SSSR count). The largest absolute Gasteiger partial charge is 0.363 e. The smallest absolute Gasteiger partial charge is 0.230 e. The van der Waals surface area contributed by atoms with Gasteiger partial charge in [0.25, 0.3) is 0 Å². The van der Waals surface area contributed by atoms with Gasteiger partial charge in [-0.3, -0.25) is 4.90 Å². The van der Waals surface area contributed by atoms with Gasteiger partial charge in [0.05, 0.1) is 0 Å². The maximum absolute atomic E-state index is 5.79. The number of piperidine rings is 1. The first-order valence-corrected chi connectivity index (χ1v) is 13.6. The monoisotopic (exact) mass is 491 g/mol. The molecule has 0 bridgehead atoms. The first-order chi connectivity index (χ1) is 18.3. The van der Waals surface area contributed by atoms with Crippen LogP contribution < -0.4 is 4.90 Å². The van der Waals surface area contributed by atoms with Gasteiger partial charge in [-0.25, -0.2) is 0 Å². The second kappa shape index (κ2) is 11.3. The SMILES string of the molecule is [CH](CC1CC1)N1CCC(c2nc(-c3cccc(N(Cc4ccccc4)Cc4ccccc4)c3)no2)CC1. The second-order valence-electron chi connectivity index (χ2n) is 10.5. The minimum absolute atomic E-state index is 0.350. The van der Waals surface area contributed by atoms with Gasteiger partial charge in [0, 0.05) is 36.8 Å². The zero-order chi connectivity index (χ0) is 24.9. The fourth-order valence-corrected chi connectivity index (χ4v) is 5.19. The van der Waals surface area contributed by atoms with Crippen LogP contribution in [0.2, 0.25) is 0 Å². The van der Waals surface area contributed by atoms with Gasteiger partial charge >= 0.3 is 0 Å². The number of hydrogen-bond donors (Lipinski definition) is 0. The summed E-state index contributed by atoms with van der Waals surface area (Å²) in [4.78, 5) is 9.75. The minimum Gasteiger partial charge on any atom is -0.363 e. The first-order valence-electron chi connectivity index (χ1n) is 13.6. The maximum Gasteiger partial charge on any atom is 0.230 e. The number of likely N-dealkylation sites (tertiary alicyclic amines) is 1. The Morgan fingerprint density at radius 1 is 0.811 bits per heavy atom. The van der Waals surface area contributed by atoms with Crippen LogP contribution in [0.25, 0.3) is 11.4 Å². The van der Waals surface area contributed by atoms with Crippen molar-refractivity contribution in [1.29, 1.82) is 0 Å². The van der Waals surface area contributed by atoms with E-state index in [2.05, 4.69) is 106 Å². The molecule has 1 radical (unpaired) electrons. The Kier molecular flexibility index (Phi) is 7.31. The Labute approximate surface area is 220 Å². The Bertz CT molecular complexity index is 1220. The van der Waals surface area contributed by atoms with Gasteiger partial charge in [0.15, 0.2) is 0 Å². The van der Waals surface area contributed by atoms with Gasteiger partial charge < -0.3 is 9.42 Å². The van der Waals surface area contributed by atoms with Crippen molar-refractivity contribution in [1.82, 2.24) is 15.0 Å². The van der Waals surface area contributed by atoms with Crippen molar-refractivity contribution in [3.63, 3.8) is 0 Å². The molecule has 0 atom stereocenters. The number of aromatic nitrogens is 2. The average molecular weight is 492 g/mol. The van der Waals surface area contributed by atoms with E-state index in [1.54, 1.807) is 0 Å². The van der Waals surface area contributed by atoms with Crippen LogP contribution in [-0.2, 0) is 13.1 Å². The first kappa shape index (κ1) is 23.9. The van der Waals surface area contributed by atoms with Crippen LogP contribution >= 0.6 is 0 Å². The van der Waals surface area contributed by atoms with Crippen LogP contribution in [0, 0.1) is 12.5 Å². The lowest BCUT2D eigenvalue weighted by atomic mass is 9.96. The summed E-state index contributed by atoms with van der Waals surface area (Å²) in [7, 11) is 0. The van der Waals surface area contributed by atoms with Gasteiger partial charge in [0.1, 0.15) is 0 Å². The average Bonchev–Trinajstić information content (AvgIpc) is 3.66. The number of anilines is 1. The summed E-state index contributed by atoms with van der Waals surface area (Å²) in [6, 6.07) is 29.8. The van der Waals surface area contributed by atoms with Gasteiger partial charge in [-0.1, -0.05) is 90.8 Å². The molecule has 0 amide bonds. The van der Waals surface area contributed by atoms with Crippen LogP contribution in [0.1, 0.15) is 55.0 Å². The molecule has 1 aliphatic heterocycles. The van der Waals surface area contributed by atoms with E-state index in [1.165, 1.54) is 30.4 Å². The summed E-state index contributed by atoms with van der Waals surface area (Å²) >= 11 is 0. The quantitative estimate of drug-likeness (QED) is 0.237.